The van der Waals surface area contributed by atoms with E-state index in [1.807, 2.05) is 41.4 Å². The molecule has 0 saturated heterocycles. The monoisotopic (exact) mass is 275 g/mol. The molecule has 3 rings (SSSR count). The van der Waals surface area contributed by atoms with E-state index in [0.717, 1.165) is 22.8 Å². The smallest absolute Gasteiger partial charge is 0.160 e. The zero-order valence-corrected chi connectivity index (χ0v) is 11.5. The van der Waals surface area contributed by atoms with Gasteiger partial charge in [0.05, 0.1) is 11.9 Å². The molecule has 98 valence electrons. The van der Waals surface area contributed by atoms with E-state index in [2.05, 4.69) is 15.0 Å². The quantitative estimate of drug-likeness (QED) is 0.690. The Morgan fingerprint density at radius 3 is 2.84 bits per heavy atom. The van der Waals surface area contributed by atoms with Gasteiger partial charge in [-0.15, -0.1) is 11.6 Å². The summed E-state index contributed by atoms with van der Waals surface area (Å²) in [4.78, 5) is 13.3. The summed E-state index contributed by atoms with van der Waals surface area (Å²) in [5.41, 5.74) is 1.70. The van der Waals surface area contributed by atoms with E-state index in [-0.39, 0.29) is 5.38 Å². The molecule has 0 fully saturated rings. The Labute approximate surface area is 115 Å². The van der Waals surface area contributed by atoms with Gasteiger partial charge in [-0.1, -0.05) is 0 Å². The van der Waals surface area contributed by atoms with Crippen LogP contribution in [0.2, 0.25) is 0 Å². The van der Waals surface area contributed by atoms with Gasteiger partial charge in [0.1, 0.15) is 17.2 Å². The van der Waals surface area contributed by atoms with E-state index in [4.69, 9.17) is 11.6 Å². The van der Waals surface area contributed by atoms with Crippen LogP contribution in [0.5, 0.6) is 0 Å². The minimum absolute atomic E-state index is 0.172. The van der Waals surface area contributed by atoms with Crippen molar-refractivity contribution in [2.75, 3.05) is 0 Å². The molecular formula is C13H14ClN5. The normalized spacial score (nSPS) is 13.0. The van der Waals surface area contributed by atoms with Crippen LogP contribution in [0.15, 0.2) is 30.7 Å². The highest BCUT2D eigenvalue weighted by Gasteiger charge is 2.16. The largest absolute Gasteiger partial charge is 0.337 e. The summed E-state index contributed by atoms with van der Waals surface area (Å²) in [7, 11) is 1.97. The van der Waals surface area contributed by atoms with Crippen molar-refractivity contribution in [3.8, 4) is 0 Å². The van der Waals surface area contributed by atoms with E-state index in [9.17, 15) is 0 Å². The summed E-state index contributed by atoms with van der Waals surface area (Å²) >= 11 is 6.22. The first-order chi connectivity index (χ1) is 9.16. The number of alkyl halides is 1. The van der Waals surface area contributed by atoms with Gasteiger partial charge in [-0.25, -0.2) is 15.0 Å². The van der Waals surface area contributed by atoms with E-state index in [1.165, 1.54) is 0 Å². The van der Waals surface area contributed by atoms with Crippen LogP contribution in [0.25, 0.3) is 11.2 Å². The Kier molecular flexibility index (Phi) is 2.98. The third-order valence-corrected chi connectivity index (χ3v) is 3.30. The Morgan fingerprint density at radius 2 is 2.16 bits per heavy atom. The lowest BCUT2D eigenvalue weighted by Gasteiger charge is -2.09. The van der Waals surface area contributed by atoms with Gasteiger partial charge in [0.15, 0.2) is 5.65 Å². The fourth-order valence-corrected chi connectivity index (χ4v) is 2.29. The van der Waals surface area contributed by atoms with E-state index in [0.29, 0.717) is 6.54 Å². The van der Waals surface area contributed by atoms with Crippen LogP contribution >= 0.6 is 11.6 Å². The summed E-state index contributed by atoms with van der Waals surface area (Å²) in [6, 6.07) is 3.82. The summed E-state index contributed by atoms with van der Waals surface area (Å²) in [5.74, 6) is 1.77. The number of aromatic nitrogens is 5. The van der Waals surface area contributed by atoms with E-state index < -0.39 is 0 Å². The topological polar surface area (TPSA) is 48.5 Å². The molecule has 0 amide bonds. The standard InChI is InChI=1S/C13H14ClN5/c1-9(14)12-17-10-4-3-5-16-13(10)19(12)8-11-15-6-7-18(11)2/h3-7,9H,8H2,1-2H3. The van der Waals surface area contributed by atoms with Crippen LogP contribution in [0.1, 0.15) is 23.9 Å². The fourth-order valence-electron chi connectivity index (χ4n) is 2.13. The molecule has 0 N–H and O–H groups in total. The number of hydrogen-bond donors (Lipinski definition) is 0. The van der Waals surface area contributed by atoms with Crippen LogP contribution < -0.4 is 0 Å². The molecule has 0 aliphatic heterocycles. The number of imidazole rings is 2. The third kappa shape index (κ3) is 2.10. The molecule has 6 heteroatoms. The summed E-state index contributed by atoms with van der Waals surface area (Å²) < 4.78 is 4.01. The zero-order chi connectivity index (χ0) is 13.4. The summed E-state index contributed by atoms with van der Waals surface area (Å²) in [5, 5.41) is -0.172. The predicted molar refractivity (Wildman–Crippen MR) is 74.1 cm³/mol. The molecule has 0 aliphatic carbocycles. The Balaban J connectivity index is 2.15. The van der Waals surface area contributed by atoms with Crippen LogP contribution in [0.3, 0.4) is 0 Å². The molecule has 0 bridgehead atoms. The van der Waals surface area contributed by atoms with Crippen LogP contribution in [-0.2, 0) is 13.6 Å². The minimum Gasteiger partial charge on any atom is -0.337 e. The molecule has 5 nitrogen and oxygen atoms in total. The van der Waals surface area contributed by atoms with Crippen molar-refractivity contribution in [3.63, 3.8) is 0 Å². The lowest BCUT2D eigenvalue weighted by Crippen LogP contribution is -2.10. The van der Waals surface area contributed by atoms with Crippen LogP contribution in [0.4, 0.5) is 0 Å². The number of halogens is 1. The highest BCUT2D eigenvalue weighted by molar-refractivity contribution is 6.20. The minimum atomic E-state index is -0.172. The molecule has 0 spiro atoms. The van der Waals surface area contributed by atoms with Crippen molar-refractivity contribution in [1.82, 2.24) is 24.1 Å². The molecule has 3 aromatic rings. The molecule has 0 radical (unpaired) electrons. The first-order valence-corrected chi connectivity index (χ1v) is 6.52. The highest BCUT2D eigenvalue weighted by Crippen LogP contribution is 2.23. The predicted octanol–water partition coefficient (Wildman–Crippen LogP) is 2.51. The van der Waals surface area contributed by atoms with Crippen molar-refractivity contribution in [1.29, 1.82) is 0 Å². The van der Waals surface area contributed by atoms with E-state index in [1.54, 1.807) is 12.4 Å². The molecule has 3 aromatic heterocycles. The molecule has 0 aromatic carbocycles. The average molecular weight is 276 g/mol. The summed E-state index contributed by atoms with van der Waals surface area (Å²) in [6.07, 6.45) is 5.47. The maximum Gasteiger partial charge on any atom is 0.160 e. The third-order valence-electron chi connectivity index (χ3n) is 3.11. The Bertz CT molecular complexity index is 713. The lowest BCUT2D eigenvalue weighted by atomic mass is 10.4. The number of nitrogens with zero attached hydrogens (tertiary/aromatic N) is 5. The van der Waals surface area contributed by atoms with Gasteiger partial charge in [0.25, 0.3) is 0 Å². The zero-order valence-electron chi connectivity index (χ0n) is 10.8. The van der Waals surface area contributed by atoms with Crippen molar-refractivity contribution in [2.45, 2.75) is 18.8 Å². The molecule has 1 atom stereocenters. The maximum absolute atomic E-state index is 6.22. The molecule has 1 unspecified atom stereocenters. The average Bonchev–Trinajstić information content (AvgIpc) is 2.95. The number of fused-ring (bicyclic) bond motifs is 1. The van der Waals surface area contributed by atoms with Gasteiger partial charge in [0.2, 0.25) is 0 Å². The van der Waals surface area contributed by atoms with Crippen molar-refractivity contribution in [2.24, 2.45) is 7.05 Å². The van der Waals surface area contributed by atoms with E-state index >= 15 is 0 Å². The first kappa shape index (κ1) is 12.2. The van der Waals surface area contributed by atoms with Gasteiger partial charge >= 0.3 is 0 Å². The Morgan fingerprint density at radius 1 is 1.32 bits per heavy atom. The number of rotatable bonds is 3. The Hall–Kier alpha value is -1.88. The number of hydrogen-bond acceptors (Lipinski definition) is 3. The van der Waals surface area contributed by atoms with Gasteiger partial charge in [-0.2, -0.15) is 0 Å². The molecule has 0 aliphatic rings. The second kappa shape index (κ2) is 4.66. The van der Waals surface area contributed by atoms with Gasteiger partial charge in [0, 0.05) is 25.6 Å². The highest BCUT2D eigenvalue weighted by atomic mass is 35.5. The maximum atomic E-state index is 6.22. The van der Waals surface area contributed by atoms with Gasteiger partial charge in [-0.05, 0) is 19.1 Å². The van der Waals surface area contributed by atoms with Crippen LogP contribution in [-0.4, -0.2) is 24.1 Å². The molecule has 3 heterocycles. The second-order valence-electron chi connectivity index (χ2n) is 4.47. The van der Waals surface area contributed by atoms with Gasteiger partial charge in [-0.3, -0.25) is 0 Å². The molecule has 0 saturated carbocycles. The second-order valence-corrected chi connectivity index (χ2v) is 5.13. The molecule has 19 heavy (non-hydrogen) atoms. The SMILES string of the molecule is CC(Cl)c1nc2cccnc2n1Cc1nccn1C. The van der Waals surface area contributed by atoms with Crippen molar-refractivity contribution in [3.05, 3.63) is 42.4 Å². The van der Waals surface area contributed by atoms with Gasteiger partial charge < -0.3 is 9.13 Å². The summed E-state index contributed by atoms with van der Waals surface area (Å²) in [6.45, 7) is 2.53. The number of pyridine rings is 1. The fraction of sp³-hybridized carbons (Fsp3) is 0.308. The van der Waals surface area contributed by atoms with Crippen molar-refractivity contribution < 1.29 is 0 Å². The molecular weight excluding hydrogens is 262 g/mol. The van der Waals surface area contributed by atoms with Crippen molar-refractivity contribution >= 4 is 22.8 Å². The number of aryl methyl sites for hydroxylation is 1. The lowest BCUT2D eigenvalue weighted by molar-refractivity contribution is 0.672. The first-order valence-electron chi connectivity index (χ1n) is 6.08. The van der Waals surface area contributed by atoms with Crippen LogP contribution in [0, 0.1) is 0 Å².